The molecule has 0 unspecified atom stereocenters. The van der Waals surface area contributed by atoms with Crippen LogP contribution in [-0.2, 0) is 4.79 Å². The molecular formula is C12H18O. The molecule has 0 aliphatic heterocycles. The molecule has 13 heavy (non-hydrogen) atoms. The second-order valence-corrected chi connectivity index (χ2v) is 4.88. The van der Waals surface area contributed by atoms with Gasteiger partial charge in [-0.15, -0.1) is 0 Å². The van der Waals surface area contributed by atoms with E-state index in [4.69, 9.17) is 0 Å². The normalized spacial score (nSPS) is 39.7. The molecule has 2 rings (SSSR count). The number of hydrogen-bond donors (Lipinski definition) is 0. The van der Waals surface area contributed by atoms with E-state index < -0.39 is 0 Å². The quantitative estimate of drug-likeness (QED) is 0.557. The Bertz CT molecular complexity index is 254. The zero-order chi connectivity index (χ0) is 9.47. The van der Waals surface area contributed by atoms with Crippen molar-refractivity contribution < 1.29 is 4.79 Å². The molecule has 2 aliphatic carbocycles. The van der Waals surface area contributed by atoms with Crippen LogP contribution in [0.3, 0.4) is 0 Å². The lowest BCUT2D eigenvalue weighted by atomic mass is 9.68. The minimum Gasteiger partial charge on any atom is -0.294 e. The molecule has 0 aromatic carbocycles. The molecule has 1 saturated carbocycles. The summed E-state index contributed by atoms with van der Waals surface area (Å²) in [5.74, 6) is 1.28. The van der Waals surface area contributed by atoms with Crippen LogP contribution < -0.4 is 0 Å². The van der Waals surface area contributed by atoms with Crippen LogP contribution in [0.1, 0.15) is 46.0 Å². The van der Waals surface area contributed by atoms with Gasteiger partial charge < -0.3 is 0 Å². The molecule has 1 fully saturated rings. The van der Waals surface area contributed by atoms with E-state index in [1.165, 1.54) is 12.8 Å². The van der Waals surface area contributed by atoms with Crippen LogP contribution in [0.25, 0.3) is 0 Å². The van der Waals surface area contributed by atoms with Crippen molar-refractivity contribution in [2.24, 2.45) is 11.3 Å². The smallest absolute Gasteiger partial charge is 0.164 e. The van der Waals surface area contributed by atoms with Gasteiger partial charge in [-0.25, -0.2) is 0 Å². The standard InChI is InChI=1S/C12H18O/c1-9-3-6-12(7-4-9)8-5-10(2)11(12)13/h5,9H,3-4,6-8H2,1-2H3. The number of hydrogen-bond acceptors (Lipinski definition) is 1. The topological polar surface area (TPSA) is 17.1 Å². The third-order valence-electron chi connectivity index (χ3n) is 3.87. The predicted molar refractivity (Wildman–Crippen MR) is 53.4 cm³/mol. The summed E-state index contributed by atoms with van der Waals surface area (Å²) >= 11 is 0. The highest BCUT2D eigenvalue weighted by atomic mass is 16.1. The average Bonchev–Trinajstić information content (AvgIpc) is 2.40. The van der Waals surface area contributed by atoms with Crippen LogP contribution in [0.2, 0.25) is 0 Å². The van der Waals surface area contributed by atoms with Crippen molar-refractivity contribution >= 4 is 5.78 Å². The first-order valence-corrected chi connectivity index (χ1v) is 5.36. The van der Waals surface area contributed by atoms with Crippen molar-refractivity contribution in [2.45, 2.75) is 46.0 Å². The largest absolute Gasteiger partial charge is 0.294 e. The Balaban J connectivity index is 2.12. The first-order valence-electron chi connectivity index (χ1n) is 5.36. The summed E-state index contributed by atoms with van der Waals surface area (Å²) in [6, 6.07) is 0. The van der Waals surface area contributed by atoms with E-state index in [-0.39, 0.29) is 5.41 Å². The van der Waals surface area contributed by atoms with E-state index in [2.05, 4.69) is 13.0 Å². The Labute approximate surface area is 80.2 Å². The van der Waals surface area contributed by atoms with Crippen molar-refractivity contribution in [1.82, 2.24) is 0 Å². The molecule has 0 amide bonds. The van der Waals surface area contributed by atoms with E-state index in [9.17, 15) is 4.79 Å². The number of allylic oxidation sites excluding steroid dienone is 2. The Hall–Kier alpha value is -0.590. The maximum atomic E-state index is 11.9. The Morgan fingerprint density at radius 2 is 2.00 bits per heavy atom. The zero-order valence-electron chi connectivity index (χ0n) is 8.60. The van der Waals surface area contributed by atoms with Crippen molar-refractivity contribution in [3.8, 4) is 0 Å². The lowest BCUT2D eigenvalue weighted by molar-refractivity contribution is -0.125. The van der Waals surface area contributed by atoms with Gasteiger partial charge in [0.25, 0.3) is 0 Å². The molecule has 0 atom stereocenters. The van der Waals surface area contributed by atoms with Gasteiger partial charge in [-0.1, -0.05) is 13.0 Å². The Kier molecular flexibility index (Phi) is 2.05. The van der Waals surface area contributed by atoms with Gasteiger partial charge in [-0.05, 0) is 50.5 Å². The Morgan fingerprint density at radius 1 is 1.38 bits per heavy atom. The summed E-state index contributed by atoms with van der Waals surface area (Å²) in [5, 5.41) is 0. The number of rotatable bonds is 0. The fourth-order valence-electron chi connectivity index (χ4n) is 2.70. The molecule has 1 heteroatoms. The van der Waals surface area contributed by atoms with Gasteiger partial charge >= 0.3 is 0 Å². The van der Waals surface area contributed by atoms with E-state index in [1.807, 2.05) is 6.92 Å². The molecule has 0 heterocycles. The second kappa shape index (κ2) is 2.97. The van der Waals surface area contributed by atoms with Gasteiger partial charge in [0.2, 0.25) is 0 Å². The van der Waals surface area contributed by atoms with E-state index >= 15 is 0 Å². The van der Waals surface area contributed by atoms with Crippen LogP contribution in [0.5, 0.6) is 0 Å². The highest BCUT2D eigenvalue weighted by molar-refractivity contribution is 6.01. The van der Waals surface area contributed by atoms with Crippen molar-refractivity contribution in [1.29, 1.82) is 0 Å². The first-order chi connectivity index (χ1) is 6.14. The monoisotopic (exact) mass is 178 g/mol. The van der Waals surface area contributed by atoms with Gasteiger partial charge in [0.15, 0.2) is 5.78 Å². The van der Waals surface area contributed by atoms with Crippen molar-refractivity contribution in [3.05, 3.63) is 11.6 Å². The third kappa shape index (κ3) is 1.34. The van der Waals surface area contributed by atoms with Gasteiger partial charge in [-0.2, -0.15) is 0 Å². The molecule has 0 aromatic heterocycles. The van der Waals surface area contributed by atoms with Crippen LogP contribution in [0.4, 0.5) is 0 Å². The molecular weight excluding hydrogens is 160 g/mol. The fourth-order valence-corrected chi connectivity index (χ4v) is 2.70. The summed E-state index contributed by atoms with van der Waals surface area (Å²) < 4.78 is 0. The molecule has 1 nitrogen and oxygen atoms in total. The number of Topliss-reactive ketones (excluding diaryl/α,β-unsaturated/α-hetero) is 1. The number of carbonyl (C=O) groups excluding carboxylic acids is 1. The summed E-state index contributed by atoms with van der Waals surface area (Å²) in [5.41, 5.74) is 1.06. The number of ketones is 1. The van der Waals surface area contributed by atoms with E-state index in [0.717, 1.165) is 30.8 Å². The molecule has 0 aromatic rings. The van der Waals surface area contributed by atoms with Crippen molar-refractivity contribution in [3.63, 3.8) is 0 Å². The zero-order valence-corrected chi connectivity index (χ0v) is 8.60. The number of carbonyl (C=O) groups is 1. The SMILES string of the molecule is CC1=CCC2(CCC(C)CC2)C1=O. The van der Waals surface area contributed by atoms with Crippen LogP contribution in [0.15, 0.2) is 11.6 Å². The Morgan fingerprint density at radius 3 is 2.46 bits per heavy atom. The summed E-state index contributed by atoms with van der Waals surface area (Å²) in [7, 11) is 0. The predicted octanol–water partition coefficient (Wildman–Crippen LogP) is 3.10. The molecule has 0 bridgehead atoms. The van der Waals surface area contributed by atoms with Crippen LogP contribution >= 0.6 is 0 Å². The van der Waals surface area contributed by atoms with E-state index in [0.29, 0.717) is 5.78 Å². The first kappa shape index (κ1) is 8.98. The third-order valence-corrected chi connectivity index (χ3v) is 3.87. The van der Waals surface area contributed by atoms with Gasteiger partial charge in [0, 0.05) is 5.41 Å². The lowest BCUT2D eigenvalue weighted by Crippen LogP contribution is -2.31. The van der Waals surface area contributed by atoms with Crippen LogP contribution in [-0.4, -0.2) is 5.78 Å². The minimum absolute atomic E-state index is 0.0522. The maximum absolute atomic E-state index is 11.9. The van der Waals surface area contributed by atoms with Gasteiger partial charge in [0.05, 0.1) is 0 Å². The van der Waals surface area contributed by atoms with E-state index in [1.54, 1.807) is 0 Å². The lowest BCUT2D eigenvalue weighted by Gasteiger charge is -2.34. The summed E-state index contributed by atoms with van der Waals surface area (Å²) in [6.45, 7) is 4.27. The molecule has 2 aliphatic rings. The fraction of sp³-hybridized carbons (Fsp3) is 0.750. The molecule has 72 valence electrons. The highest BCUT2D eigenvalue weighted by Crippen LogP contribution is 2.47. The second-order valence-electron chi connectivity index (χ2n) is 4.88. The minimum atomic E-state index is 0.0522. The maximum Gasteiger partial charge on any atom is 0.164 e. The molecule has 0 N–H and O–H groups in total. The van der Waals surface area contributed by atoms with Gasteiger partial charge in [-0.3, -0.25) is 4.79 Å². The highest BCUT2D eigenvalue weighted by Gasteiger charge is 2.43. The molecule has 1 spiro atoms. The molecule has 0 saturated heterocycles. The van der Waals surface area contributed by atoms with Gasteiger partial charge in [0.1, 0.15) is 0 Å². The molecule has 0 radical (unpaired) electrons. The average molecular weight is 178 g/mol. The van der Waals surface area contributed by atoms with Crippen molar-refractivity contribution in [2.75, 3.05) is 0 Å². The van der Waals surface area contributed by atoms with Crippen LogP contribution in [0, 0.1) is 11.3 Å². The summed E-state index contributed by atoms with van der Waals surface area (Å²) in [6.07, 6.45) is 7.89. The summed E-state index contributed by atoms with van der Waals surface area (Å²) in [4.78, 5) is 11.9.